The summed E-state index contributed by atoms with van der Waals surface area (Å²) in [5.41, 5.74) is 1.12. The molecule has 0 radical (unpaired) electrons. The maximum atomic E-state index is 12.2. The smallest absolute Gasteiger partial charge is 0.243 e. The van der Waals surface area contributed by atoms with E-state index in [0.29, 0.717) is 12.7 Å². The first-order valence-corrected chi connectivity index (χ1v) is 9.82. The second-order valence-corrected chi connectivity index (χ2v) is 7.59. The van der Waals surface area contributed by atoms with Crippen LogP contribution in [0.2, 0.25) is 0 Å². The molecule has 0 atom stereocenters. The molecule has 142 valence electrons. The summed E-state index contributed by atoms with van der Waals surface area (Å²) in [4.78, 5) is 13.2. The minimum atomic E-state index is -2.25. The molecule has 0 unspecified atom stereocenters. The summed E-state index contributed by atoms with van der Waals surface area (Å²) in [6.07, 6.45) is 2.77. The van der Waals surface area contributed by atoms with E-state index >= 15 is 0 Å². The van der Waals surface area contributed by atoms with Crippen molar-refractivity contribution in [2.24, 2.45) is 0 Å². The number of nitrogens with zero attached hydrogens (tertiary/aromatic N) is 1. The van der Waals surface area contributed by atoms with Crippen LogP contribution < -0.4 is 5.32 Å². The normalized spacial score (nSPS) is 19.0. The first kappa shape index (κ1) is 20.3. The summed E-state index contributed by atoms with van der Waals surface area (Å²) in [7, 11) is 2.13. The fourth-order valence-electron chi connectivity index (χ4n) is 2.88. The predicted molar refractivity (Wildman–Crippen MR) is 96.4 cm³/mol. The highest BCUT2D eigenvalue weighted by atomic mass is 32.1. The molecule has 1 amide bonds. The number of nitrogens with one attached hydrogen (secondary N) is 1. The minimum absolute atomic E-state index is 0.125. The van der Waals surface area contributed by atoms with E-state index in [9.17, 15) is 13.6 Å². The summed E-state index contributed by atoms with van der Waals surface area (Å²) in [6.45, 7) is 3.78. The number of hydrogen-bond donors (Lipinski definition) is 1. The summed E-state index contributed by atoms with van der Waals surface area (Å²) in [5, 5.41) is 4.65. The second kappa shape index (κ2) is 10.8. The molecule has 0 aromatic carbocycles. The van der Waals surface area contributed by atoms with Crippen LogP contribution in [-0.4, -0.2) is 56.6 Å². The second-order valence-electron chi connectivity index (χ2n) is 6.59. The van der Waals surface area contributed by atoms with Gasteiger partial charge in [0.1, 0.15) is 0 Å². The molecule has 1 aromatic heterocycles. The highest BCUT2D eigenvalue weighted by Crippen LogP contribution is 2.19. The lowest BCUT2D eigenvalue weighted by Gasteiger charge is -2.28. The molecule has 25 heavy (non-hydrogen) atoms. The summed E-state index contributed by atoms with van der Waals surface area (Å²) >= 11 is 1.42. The SMILES string of the molecule is CN1CCC(OCCc2csc(CC(F)F)c2)CC1.O=C1CCCN1. The molecule has 3 heterocycles. The summed E-state index contributed by atoms with van der Waals surface area (Å²) < 4.78 is 30.3. The van der Waals surface area contributed by atoms with Gasteiger partial charge in [-0.25, -0.2) is 8.78 Å². The van der Waals surface area contributed by atoms with E-state index in [-0.39, 0.29) is 12.3 Å². The van der Waals surface area contributed by atoms with Crippen LogP contribution in [-0.2, 0) is 22.4 Å². The lowest BCUT2D eigenvalue weighted by molar-refractivity contribution is -0.119. The Labute approximate surface area is 152 Å². The number of amides is 1. The number of hydrogen-bond acceptors (Lipinski definition) is 4. The lowest BCUT2D eigenvalue weighted by Crippen LogP contribution is -2.34. The van der Waals surface area contributed by atoms with Crippen LogP contribution in [0.5, 0.6) is 0 Å². The third kappa shape index (κ3) is 8.25. The van der Waals surface area contributed by atoms with Gasteiger partial charge >= 0.3 is 0 Å². The zero-order valence-corrected chi connectivity index (χ0v) is 15.6. The molecule has 7 heteroatoms. The van der Waals surface area contributed by atoms with E-state index in [1.54, 1.807) is 0 Å². The molecule has 1 N–H and O–H groups in total. The fraction of sp³-hybridized carbons (Fsp3) is 0.722. The predicted octanol–water partition coefficient (Wildman–Crippen LogP) is 3.11. The lowest BCUT2D eigenvalue weighted by atomic mass is 10.1. The molecule has 0 spiro atoms. The molecule has 0 bridgehead atoms. The molecular formula is C18H28F2N2O2S. The van der Waals surface area contributed by atoms with Gasteiger partial charge in [-0.3, -0.25) is 4.79 Å². The Hall–Kier alpha value is -1.05. The Morgan fingerprint density at radius 1 is 1.40 bits per heavy atom. The number of ether oxygens (including phenoxy) is 1. The molecule has 0 saturated carbocycles. The number of carbonyl (C=O) groups excluding carboxylic acids is 1. The van der Waals surface area contributed by atoms with E-state index in [1.807, 2.05) is 11.4 Å². The number of carbonyl (C=O) groups is 1. The van der Waals surface area contributed by atoms with E-state index in [1.165, 1.54) is 11.3 Å². The molecule has 4 nitrogen and oxygen atoms in total. The van der Waals surface area contributed by atoms with Gasteiger partial charge in [-0.2, -0.15) is 0 Å². The molecular weight excluding hydrogens is 346 g/mol. The van der Waals surface area contributed by atoms with Crippen molar-refractivity contribution in [2.45, 2.75) is 51.1 Å². The van der Waals surface area contributed by atoms with Gasteiger partial charge in [0.25, 0.3) is 0 Å². The summed E-state index contributed by atoms with van der Waals surface area (Å²) in [6, 6.07) is 1.88. The maximum Gasteiger partial charge on any atom is 0.243 e. The van der Waals surface area contributed by atoms with Gasteiger partial charge in [-0.15, -0.1) is 11.3 Å². The number of alkyl halides is 2. The standard InChI is InChI=1S/C14H21F2NOS.C4H7NO/c1-17-5-2-12(3-6-17)18-7-4-11-8-13(19-10-11)9-14(15)16;6-4-2-1-3-5-4/h8,10,12,14H,2-7,9H2,1H3;1-3H2,(H,5,6). The Balaban J connectivity index is 0.000000316. The number of piperidine rings is 1. The first-order chi connectivity index (χ1) is 12.0. The van der Waals surface area contributed by atoms with Crippen molar-refractivity contribution in [3.8, 4) is 0 Å². The zero-order valence-electron chi connectivity index (χ0n) is 14.8. The van der Waals surface area contributed by atoms with Crippen molar-refractivity contribution in [1.29, 1.82) is 0 Å². The van der Waals surface area contributed by atoms with Crippen LogP contribution in [0.1, 0.15) is 36.1 Å². The number of rotatable bonds is 6. The van der Waals surface area contributed by atoms with Gasteiger partial charge in [0, 0.05) is 37.4 Å². The zero-order chi connectivity index (χ0) is 18.1. The number of likely N-dealkylation sites (tertiary alicyclic amines) is 1. The van der Waals surface area contributed by atoms with Crippen LogP contribution in [0.4, 0.5) is 8.78 Å². The van der Waals surface area contributed by atoms with Crippen LogP contribution in [0, 0.1) is 0 Å². The van der Waals surface area contributed by atoms with Gasteiger partial charge in [-0.1, -0.05) is 0 Å². The van der Waals surface area contributed by atoms with Crippen molar-refractivity contribution in [1.82, 2.24) is 10.2 Å². The molecule has 2 saturated heterocycles. The van der Waals surface area contributed by atoms with E-state index in [0.717, 1.165) is 62.2 Å². The van der Waals surface area contributed by atoms with Crippen molar-refractivity contribution in [3.63, 3.8) is 0 Å². The quantitative estimate of drug-likeness (QED) is 0.832. The highest BCUT2D eigenvalue weighted by molar-refractivity contribution is 7.10. The highest BCUT2D eigenvalue weighted by Gasteiger charge is 2.16. The maximum absolute atomic E-state index is 12.2. The van der Waals surface area contributed by atoms with Crippen LogP contribution in [0.3, 0.4) is 0 Å². The largest absolute Gasteiger partial charge is 0.378 e. The minimum Gasteiger partial charge on any atom is -0.378 e. The van der Waals surface area contributed by atoms with Crippen LogP contribution in [0.15, 0.2) is 11.4 Å². The third-order valence-corrected chi connectivity index (χ3v) is 5.38. The Kier molecular flexibility index (Phi) is 8.78. The van der Waals surface area contributed by atoms with Crippen molar-refractivity contribution < 1.29 is 18.3 Å². The monoisotopic (exact) mass is 374 g/mol. The van der Waals surface area contributed by atoms with E-state index in [2.05, 4.69) is 17.3 Å². The van der Waals surface area contributed by atoms with E-state index < -0.39 is 6.43 Å². The van der Waals surface area contributed by atoms with Gasteiger partial charge in [0.05, 0.1) is 12.7 Å². The molecule has 3 rings (SSSR count). The Morgan fingerprint density at radius 3 is 2.72 bits per heavy atom. The summed E-state index contributed by atoms with van der Waals surface area (Å²) in [5.74, 6) is 0.204. The van der Waals surface area contributed by atoms with Crippen LogP contribution in [0.25, 0.3) is 0 Å². The Morgan fingerprint density at radius 2 is 2.16 bits per heavy atom. The van der Waals surface area contributed by atoms with Gasteiger partial charge < -0.3 is 15.0 Å². The Bertz CT molecular complexity index is 509. The third-order valence-electron chi connectivity index (χ3n) is 4.38. The van der Waals surface area contributed by atoms with Gasteiger partial charge in [0.2, 0.25) is 12.3 Å². The number of halogens is 2. The van der Waals surface area contributed by atoms with Crippen LogP contribution >= 0.6 is 11.3 Å². The molecule has 2 aliphatic heterocycles. The molecule has 0 aliphatic carbocycles. The molecule has 2 fully saturated rings. The first-order valence-electron chi connectivity index (χ1n) is 8.94. The van der Waals surface area contributed by atoms with E-state index in [4.69, 9.17) is 4.74 Å². The van der Waals surface area contributed by atoms with Crippen molar-refractivity contribution in [2.75, 3.05) is 33.3 Å². The molecule has 1 aromatic rings. The van der Waals surface area contributed by atoms with Crippen molar-refractivity contribution >= 4 is 17.2 Å². The van der Waals surface area contributed by atoms with Crippen molar-refractivity contribution in [3.05, 3.63) is 21.9 Å². The van der Waals surface area contributed by atoms with Gasteiger partial charge in [-0.05, 0) is 49.7 Å². The number of thiophene rings is 1. The average molecular weight is 374 g/mol. The fourth-order valence-corrected chi connectivity index (χ4v) is 3.81. The van der Waals surface area contributed by atoms with Gasteiger partial charge in [0.15, 0.2) is 0 Å². The average Bonchev–Trinajstić information content (AvgIpc) is 3.21. The molecule has 2 aliphatic rings. The topological polar surface area (TPSA) is 41.6 Å².